The summed E-state index contributed by atoms with van der Waals surface area (Å²) in [5.41, 5.74) is 4.69. The van der Waals surface area contributed by atoms with E-state index in [-0.39, 0.29) is 62.7 Å². The first-order valence-corrected chi connectivity index (χ1v) is 1.04. The Morgan fingerprint density at radius 3 is 1.67 bits per heavy atom. The van der Waals surface area contributed by atoms with Crippen molar-refractivity contribution in [2.24, 2.45) is 5.73 Å². The summed E-state index contributed by atoms with van der Waals surface area (Å²) >= 11 is 0. The normalized spacial score (nSPS) is 4.17. The van der Waals surface area contributed by atoms with Gasteiger partial charge in [-0.15, -0.1) is 0 Å². The molecule has 0 atom stereocenters. The van der Waals surface area contributed by atoms with Gasteiger partial charge in [0.25, 0.3) is 0 Å². The Labute approximate surface area is 79.5 Å². The van der Waals surface area contributed by atoms with Gasteiger partial charge < -0.3 is 11.2 Å². The zero-order valence-corrected chi connectivity index (χ0v) is 7.15. The fraction of sp³-hybridized carbons (Fsp3) is 0.500. The Bertz CT molecular complexity index is 34.5. The molecule has 0 aromatic heterocycles. The van der Waals surface area contributed by atoms with Gasteiger partial charge in [0.15, 0.2) is 0 Å². The molecule has 0 aliphatic carbocycles. The van der Waals surface area contributed by atoms with Gasteiger partial charge in [0.2, 0.25) is 0 Å². The van der Waals surface area contributed by atoms with Gasteiger partial charge in [0, 0.05) is 0 Å². The van der Waals surface area contributed by atoms with Crippen molar-refractivity contribution in [1.29, 1.82) is 5.41 Å². The van der Waals surface area contributed by atoms with Gasteiger partial charge in [-0.1, -0.05) is 0 Å². The van der Waals surface area contributed by atoms with E-state index >= 15 is 0 Å². The average molecular weight is 114 g/mol. The van der Waals surface area contributed by atoms with Crippen molar-refractivity contribution in [3.05, 3.63) is 0 Å². The molecule has 0 saturated heterocycles. The second-order valence-electron chi connectivity index (χ2n) is 0.683. The Kier molecular flexibility index (Phi) is 24.7. The molecular weight excluding hydrogens is 107 g/mol. The molecule has 0 aromatic carbocycles. The Morgan fingerprint density at radius 1 is 1.67 bits per heavy atom. The van der Waals surface area contributed by atoms with Crippen LogP contribution in [0.4, 0.5) is 0 Å². The third kappa shape index (κ3) is 73.7. The van der Waals surface area contributed by atoms with Crippen molar-refractivity contribution in [2.75, 3.05) is 0 Å². The molecule has 0 fully saturated rings. The van der Waals surface area contributed by atoms with E-state index in [0.29, 0.717) is 0 Å². The quantitative estimate of drug-likeness (QED) is 0.197. The van der Waals surface area contributed by atoms with Gasteiger partial charge >= 0.3 is 51.4 Å². The molecule has 0 radical (unpaired) electrons. The number of nitrogens with two attached hydrogens (primary N) is 1. The van der Waals surface area contributed by atoms with Gasteiger partial charge in [0.05, 0.1) is 5.84 Å². The van der Waals surface area contributed by atoms with Gasteiger partial charge in [-0.2, -0.15) is 0 Å². The largest absolute Gasteiger partial charge is 1.00 e. The zero-order valence-electron chi connectivity index (χ0n) is 4.02. The molecule has 0 rings (SSSR count). The van der Waals surface area contributed by atoms with Crippen LogP contribution in [0, 0.1) is 5.41 Å². The number of amidine groups is 1. The van der Waals surface area contributed by atoms with Crippen molar-refractivity contribution >= 4 is 5.84 Å². The molecule has 0 amide bonds. The van der Waals surface area contributed by atoms with Crippen LogP contribution in [0.2, 0.25) is 0 Å². The minimum Gasteiger partial charge on any atom is -0.870 e. The number of rotatable bonds is 0. The van der Waals surface area contributed by atoms with Gasteiger partial charge in [0.1, 0.15) is 0 Å². The summed E-state index contributed by atoms with van der Waals surface area (Å²) in [6.07, 6.45) is 0. The van der Waals surface area contributed by atoms with Crippen LogP contribution in [0.1, 0.15) is 6.92 Å². The average Bonchev–Trinajstić information content (AvgIpc) is 0.811. The minimum absolute atomic E-state index is 0. The molecule has 4 N–H and O–H groups in total. The van der Waals surface area contributed by atoms with Crippen molar-refractivity contribution in [3.8, 4) is 0 Å². The van der Waals surface area contributed by atoms with Crippen LogP contribution in [0.15, 0.2) is 0 Å². The SMILES string of the molecule is CC(=N)N.[K+].[OH-]. The molecule has 0 saturated carbocycles. The molecule has 0 aliphatic heterocycles. The van der Waals surface area contributed by atoms with Crippen molar-refractivity contribution in [3.63, 3.8) is 0 Å². The summed E-state index contributed by atoms with van der Waals surface area (Å²) in [6, 6.07) is 0. The molecule has 0 aliphatic rings. The maximum Gasteiger partial charge on any atom is 1.00 e. The van der Waals surface area contributed by atoms with Crippen LogP contribution in [0.5, 0.6) is 0 Å². The van der Waals surface area contributed by atoms with Gasteiger partial charge in [-0.05, 0) is 6.92 Å². The summed E-state index contributed by atoms with van der Waals surface area (Å²) in [4.78, 5) is 0. The van der Waals surface area contributed by atoms with Crippen molar-refractivity contribution < 1.29 is 56.9 Å². The fourth-order valence-electron chi connectivity index (χ4n) is 0. The van der Waals surface area contributed by atoms with E-state index in [0.717, 1.165) is 0 Å². The van der Waals surface area contributed by atoms with E-state index in [1.807, 2.05) is 0 Å². The van der Waals surface area contributed by atoms with Crippen molar-refractivity contribution in [1.82, 2.24) is 0 Å². The molecule has 4 heteroatoms. The minimum atomic E-state index is 0. The standard InChI is InChI=1S/C2H6N2.K.H2O/c1-2(3)4;;/h1H3,(H3,3,4);;1H2/q;+1;/p-1. The summed E-state index contributed by atoms with van der Waals surface area (Å²) < 4.78 is 0. The first-order valence-electron chi connectivity index (χ1n) is 1.04. The maximum absolute atomic E-state index is 6.28. The summed E-state index contributed by atoms with van der Waals surface area (Å²) in [5, 5.41) is 6.28. The zero-order chi connectivity index (χ0) is 3.58. The van der Waals surface area contributed by atoms with Crippen LogP contribution in [-0.2, 0) is 0 Å². The van der Waals surface area contributed by atoms with E-state index in [4.69, 9.17) is 11.1 Å². The predicted molar refractivity (Wildman–Crippen MR) is 19.5 cm³/mol. The molecular formula is C2H7KN2O. The third-order valence-electron chi connectivity index (χ3n) is 0. The van der Waals surface area contributed by atoms with Crippen LogP contribution < -0.4 is 57.1 Å². The van der Waals surface area contributed by atoms with Crippen molar-refractivity contribution in [2.45, 2.75) is 6.92 Å². The molecule has 3 nitrogen and oxygen atoms in total. The van der Waals surface area contributed by atoms with Gasteiger partial charge in [-0.3, -0.25) is 5.41 Å². The second kappa shape index (κ2) is 9.42. The molecule has 0 unspecified atom stereocenters. The van der Waals surface area contributed by atoms with Crippen LogP contribution in [0.3, 0.4) is 0 Å². The molecule has 0 heterocycles. The maximum atomic E-state index is 6.28. The smallest absolute Gasteiger partial charge is 0.870 e. The third-order valence-corrected chi connectivity index (χ3v) is 0. The molecule has 0 aromatic rings. The topological polar surface area (TPSA) is 79.9 Å². The molecule has 32 valence electrons. The monoisotopic (exact) mass is 114 g/mol. The molecule has 0 spiro atoms. The van der Waals surface area contributed by atoms with E-state index < -0.39 is 0 Å². The molecule has 6 heavy (non-hydrogen) atoms. The summed E-state index contributed by atoms with van der Waals surface area (Å²) in [5.74, 6) is 0.167. The first kappa shape index (κ1) is 15.7. The number of hydrogen-bond donors (Lipinski definition) is 2. The van der Waals surface area contributed by atoms with Gasteiger partial charge in [-0.25, -0.2) is 0 Å². The Balaban J connectivity index is -0.0000000450. The first-order chi connectivity index (χ1) is 1.73. The van der Waals surface area contributed by atoms with E-state index in [9.17, 15) is 0 Å². The summed E-state index contributed by atoms with van der Waals surface area (Å²) in [7, 11) is 0. The number of hydrogen-bond acceptors (Lipinski definition) is 2. The Hall–Kier alpha value is 1.07. The van der Waals surface area contributed by atoms with E-state index in [2.05, 4.69) is 0 Å². The molecule has 0 bridgehead atoms. The van der Waals surface area contributed by atoms with E-state index in [1.54, 1.807) is 0 Å². The second-order valence-corrected chi connectivity index (χ2v) is 0.683. The van der Waals surface area contributed by atoms with Crippen LogP contribution >= 0.6 is 0 Å². The van der Waals surface area contributed by atoms with Crippen LogP contribution in [-0.4, -0.2) is 11.3 Å². The van der Waals surface area contributed by atoms with E-state index in [1.165, 1.54) is 6.92 Å². The Morgan fingerprint density at radius 2 is 1.67 bits per heavy atom. The predicted octanol–water partition coefficient (Wildman–Crippen LogP) is -3.23. The fourth-order valence-corrected chi connectivity index (χ4v) is 0. The van der Waals surface area contributed by atoms with Crippen LogP contribution in [0.25, 0.3) is 0 Å². The number of nitrogens with one attached hydrogen (secondary N) is 1. The summed E-state index contributed by atoms with van der Waals surface area (Å²) in [6.45, 7) is 1.53.